The van der Waals surface area contributed by atoms with Crippen LogP contribution in [0.4, 0.5) is 5.69 Å². The predicted octanol–water partition coefficient (Wildman–Crippen LogP) is 3.89. The maximum absolute atomic E-state index is 13.1. The number of aromatic carboxylic acids is 1. The largest absolute Gasteiger partial charge is 0.478 e. The van der Waals surface area contributed by atoms with E-state index in [9.17, 15) is 23.1 Å². The number of benzene rings is 1. The lowest BCUT2D eigenvalue weighted by Gasteiger charge is -2.16. The van der Waals surface area contributed by atoms with Crippen molar-refractivity contribution in [3.8, 4) is 11.3 Å². The molecule has 2 aromatic heterocycles. The lowest BCUT2D eigenvalue weighted by atomic mass is 9.97. The molecule has 0 fully saturated rings. The third-order valence-electron chi connectivity index (χ3n) is 4.71. The highest BCUT2D eigenvalue weighted by molar-refractivity contribution is 7.89. The Labute approximate surface area is 186 Å². The summed E-state index contributed by atoms with van der Waals surface area (Å²) >= 11 is 7.03. The van der Waals surface area contributed by atoms with Crippen molar-refractivity contribution in [1.82, 2.24) is 5.16 Å². The predicted molar refractivity (Wildman–Crippen MR) is 117 cm³/mol. The van der Waals surface area contributed by atoms with E-state index in [1.165, 1.54) is 5.38 Å². The summed E-state index contributed by atoms with van der Waals surface area (Å²) in [6, 6.07) is 1.65. The molecule has 3 rings (SSSR count). The first-order chi connectivity index (χ1) is 14.3. The van der Waals surface area contributed by atoms with Crippen molar-refractivity contribution in [2.24, 2.45) is 5.14 Å². The zero-order chi connectivity index (χ0) is 23.2. The highest BCUT2D eigenvalue weighted by Gasteiger charge is 2.30. The quantitative estimate of drug-likeness (QED) is 0.497. The Morgan fingerprint density at radius 1 is 1.23 bits per heavy atom. The van der Waals surface area contributed by atoms with Gasteiger partial charge in [-0.3, -0.25) is 4.79 Å². The number of nitrogens with two attached hydrogens (primary N) is 1. The Kier molecular flexibility index (Phi) is 5.98. The molecule has 31 heavy (non-hydrogen) atoms. The van der Waals surface area contributed by atoms with E-state index >= 15 is 0 Å². The van der Waals surface area contributed by atoms with Gasteiger partial charge in [0.05, 0.1) is 16.8 Å². The maximum atomic E-state index is 13.1. The summed E-state index contributed by atoms with van der Waals surface area (Å²) in [6.07, 6.45) is 0. The number of carboxylic acid groups (broad SMARTS) is 1. The second-order valence-electron chi connectivity index (χ2n) is 6.90. The molecule has 164 valence electrons. The SMILES string of the molecule is Cc1cc(C)c(C(=O)O)c(C)c1NC(=O)c1scc(S(N)(=O)=O)c1-c1onc(C)c1Cl. The Bertz CT molecular complexity index is 1340. The minimum absolute atomic E-state index is 0.0293. The number of hydrogen-bond donors (Lipinski definition) is 3. The van der Waals surface area contributed by atoms with Gasteiger partial charge >= 0.3 is 5.97 Å². The standard InChI is InChI=1S/C19H18ClN3O6S2/c1-7-5-8(2)15(9(3)12(7)19(25)26)22-18(24)17-13(11(6-30-17)31(21,27)28)16-14(20)10(4)23-29-16/h5-6H,1-4H3,(H,22,24)(H,25,26)(H2,21,27,28). The van der Waals surface area contributed by atoms with Gasteiger partial charge in [0.2, 0.25) is 10.0 Å². The molecule has 0 saturated heterocycles. The molecule has 12 heteroatoms. The molecule has 0 bridgehead atoms. The fourth-order valence-corrected chi connectivity index (χ4v) is 5.53. The van der Waals surface area contributed by atoms with Gasteiger partial charge in [-0.1, -0.05) is 22.8 Å². The molecule has 0 aliphatic rings. The first kappa shape index (κ1) is 22.9. The lowest BCUT2D eigenvalue weighted by Crippen LogP contribution is -2.17. The smallest absolute Gasteiger partial charge is 0.336 e. The van der Waals surface area contributed by atoms with E-state index in [2.05, 4.69) is 10.5 Å². The number of aromatic nitrogens is 1. The van der Waals surface area contributed by atoms with Crippen molar-refractivity contribution in [3.63, 3.8) is 0 Å². The zero-order valence-corrected chi connectivity index (χ0v) is 19.3. The number of nitrogens with zero attached hydrogens (tertiary/aromatic N) is 1. The molecule has 0 unspecified atom stereocenters. The molecule has 1 amide bonds. The molecule has 0 saturated carbocycles. The van der Waals surface area contributed by atoms with Crippen molar-refractivity contribution < 1.29 is 27.6 Å². The van der Waals surface area contributed by atoms with Crippen LogP contribution < -0.4 is 10.5 Å². The van der Waals surface area contributed by atoms with Crippen LogP contribution in [0, 0.1) is 27.7 Å². The minimum Gasteiger partial charge on any atom is -0.478 e. The summed E-state index contributed by atoms with van der Waals surface area (Å²) in [4.78, 5) is 24.4. The number of carbonyl (C=O) groups is 2. The van der Waals surface area contributed by atoms with Crippen LogP contribution in [0.25, 0.3) is 11.3 Å². The molecule has 0 aliphatic carbocycles. The van der Waals surface area contributed by atoms with Crippen molar-refractivity contribution in [3.05, 3.63) is 49.3 Å². The van der Waals surface area contributed by atoms with Gasteiger partial charge < -0.3 is 14.9 Å². The van der Waals surface area contributed by atoms with Crippen LogP contribution in [-0.2, 0) is 10.0 Å². The highest BCUT2D eigenvalue weighted by Crippen LogP contribution is 2.40. The van der Waals surface area contributed by atoms with Gasteiger partial charge in [0.1, 0.15) is 14.8 Å². The number of thiophene rings is 1. The van der Waals surface area contributed by atoms with Crippen LogP contribution in [0.1, 0.15) is 42.4 Å². The molecule has 0 aliphatic heterocycles. The van der Waals surface area contributed by atoms with E-state index in [1.54, 1.807) is 33.8 Å². The van der Waals surface area contributed by atoms with Crippen molar-refractivity contribution >= 4 is 50.5 Å². The van der Waals surface area contributed by atoms with Crippen molar-refractivity contribution in [2.75, 3.05) is 5.32 Å². The second kappa shape index (κ2) is 8.08. The molecule has 2 heterocycles. The average molecular weight is 484 g/mol. The molecule has 0 radical (unpaired) electrons. The third-order valence-corrected chi connectivity index (χ3v) is 7.22. The minimum atomic E-state index is -4.21. The van der Waals surface area contributed by atoms with Crippen LogP contribution in [0.2, 0.25) is 5.02 Å². The summed E-state index contributed by atoms with van der Waals surface area (Å²) in [5, 5.41) is 22.5. The number of nitrogens with one attached hydrogen (secondary N) is 1. The first-order valence-electron chi connectivity index (χ1n) is 8.76. The van der Waals surface area contributed by atoms with E-state index in [0.717, 1.165) is 11.3 Å². The summed E-state index contributed by atoms with van der Waals surface area (Å²) in [5.41, 5.74) is 2.17. The second-order valence-corrected chi connectivity index (χ2v) is 9.69. The Morgan fingerprint density at radius 3 is 2.39 bits per heavy atom. The fraction of sp³-hybridized carbons (Fsp3) is 0.211. The molecule has 1 aromatic carbocycles. The van der Waals surface area contributed by atoms with E-state index in [0.29, 0.717) is 28.1 Å². The number of anilines is 1. The van der Waals surface area contributed by atoms with Gasteiger partial charge in [0.25, 0.3) is 5.91 Å². The summed E-state index contributed by atoms with van der Waals surface area (Å²) in [7, 11) is -4.21. The van der Waals surface area contributed by atoms with Gasteiger partial charge in [-0.25, -0.2) is 18.4 Å². The lowest BCUT2D eigenvalue weighted by molar-refractivity contribution is 0.0695. The number of carboxylic acids is 1. The van der Waals surface area contributed by atoms with Gasteiger partial charge in [-0.15, -0.1) is 11.3 Å². The number of hydrogen-bond acceptors (Lipinski definition) is 7. The average Bonchev–Trinajstić information content (AvgIpc) is 3.22. The normalized spacial score (nSPS) is 11.5. The van der Waals surface area contributed by atoms with Crippen LogP contribution in [0.3, 0.4) is 0 Å². The van der Waals surface area contributed by atoms with E-state index in [4.69, 9.17) is 21.3 Å². The topological polar surface area (TPSA) is 153 Å². The van der Waals surface area contributed by atoms with Crippen LogP contribution in [0.5, 0.6) is 0 Å². The van der Waals surface area contributed by atoms with Gasteiger partial charge in [0.15, 0.2) is 5.76 Å². The Balaban J connectivity index is 2.17. The maximum Gasteiger partial charge on any atom is 0.336 e. The monoisotopic (exact) mass is 483 g/mol. The number of carbonyl (C=O) groups excluding carboxylic acids is 1. The molecule has 9 nitrogen and oxygen atoms in total. The highest BCUT2D eigenvalue weighted by atomic mass is 35.5. The van der Waals surface area contributed by atoms with Gasteiger partial charge in [-0.2, -0.15) is 0 Å². The van der Waals surface area contributed by atoms with Crippen molar-refractivity contribution in [2.45, 2.75) is 32.6 Å². The van der Waals surface area contributed by atoms with E-state index < -0.39 is 21.9 Å². The number of amides is 1. The molecular formula is C19H18ClN3O6S2. The van der Waals surface area contributed by atoms with Crippen LogP contribution in [0.15, 0.2) is 20.9 Å². The first-order valence-corrected chi connectivity index (χ1v) is 11.6. The molecule has 4 N–H and O–H groups in total. The number of aryl methyl sites for hydroxylation is 3. The third kappa shape index (κ3) is 4.09. The fourth-order valence-electron chi connectivity index (χ4n) is 3.32. The number of primary sulfonamides is 1. The van der Waals surface area contributed by atoms with Gasteiger partial charge in [-0.05, 0) is 44.4 Å². The van der Waals surface area contributed by atoms with E-state index in [1.807, 2.05) is 0 Å². The van der Waals surface area contributed by atoms with Crippen LogP contribution in [-0.4, -0.2) is 30.6 Å². The number of halogens is 1. The summed E-state index contributed by atoms with van der Waals surface area (Å²) in [5.74, 6) is -1.90. The Morgan fingerprint density at radius 2 is 1.87 bits per heavy atom. The number of rotatable bonds is 5. The van der Waals surface area contributed by atoms with Gasteiger partial charge in [0, 0.05) is 11.1 Å². The zero-order valence-electron chi connectivity index (χ0n) is 16.9. The Hall–Kier alpha value is -2.73. The van der Waals surface area contributed by atoms with Crippen LogP contribution >= 0.6 is 22.9 Å². The summed E-state index contributed by atoms with van der Waals surface area (Å²) in [6.45, 7) is 6.54. The summed E-state index contributed by atoms with van der Waals surface area (Å²) < 4.78 is 29.4. The van der Waals surface area contributed by atoms with Crippen molar-refractivity contribution in [1.29, 1.82) is 0 Å². The number of sulfonamides is 1. The molecule has 0 atom stereocenters. The molecular weight excluding hydrogens is 466 g/mol. The molecule has 3 aromatic rings. The molecule has 0 spiro atoms. The van der Waals surface area contributed by atoms with E-state index in [-0.39, 0.29) is 31.7 Å².